The van der Waals surface area contributed by atoms with Crippen molar-refractivity contribution in [3.63, 3.8) is 0 Å². The highest BCUT2D eigenvalue weighted by Gasteiger charge is 2.30. The molecule has 3 rings (SSSR count). The summed E-state index contributed by atoms with van der Waals surface area (Å²) in [5.41, 5.74) is 2.92. The molecule has 2 fully saturated rings. The van der Waals surface area contributed by atoms with Gasteiger partial charge in [0.2, 0.25) is 0 Å². The second-order valence-electron chi connectivity index (χ2n) is 6.87. The number of aryl methyl sites for hydroxylation is 1. The first kappa shape index (κ1) is 15.1. The zero-order valence-electron chi connectivity index (χ0n) is 13.6. The molecule has 0 aliphatic carbocycles. The zero-order chi connectivity index (χ0) is 14.7. The predicted molar refractivity (Wildman–Crippen MR) is 89.6 cm³/mol. The van der Waals surface area contributed by atoms with Gasteiger partial charge in [-0.05, 0) is 69.2 Å². The van der Waals surface area contributed by atoms with Gasteiger partial charge in [-0.1, -0.05) is 31.2 Å². The number of benzene rings is 1. The van der Waals surface area contributed by atoms with Crippen molar-refractivity contribution in [2.24, 2.45) is 5.92 Å². The Morgan fingerprint density at radius 1 is 1.19 bits per heavy atom. The highest BCUT2D eigenvalue weighted by molar-refractivity contribution is 5.24. The van der Waals surface area contributed by atoms with Crippen molar-refractivity contribution >= 4 is 0 Å². The smallest absolute Gasteiger partial charge is 0.0320 e. The molecular formula is C19H30N2. The molecule has 21 heavy (non-hydrogen) atoms. The van der Waals surface area contributed by atoms with Gasteiger partial charge in [0, 0.05) is 18.6 Å². The molecule has 116 valence electrons. The summed E-state index contributed by atoms with van der Waals surface area (Å²) in [5, 5.41) is 3.71. The molecule has 0 aromatic heterocycles. The van der Waals surface area contributed by atoms with Crippen LogP contribution in [-0.2, 0) is 6.42 Å². The van der Waals surface area contributed by atoms with E-state index >= 15 is 0 Å². The van der Waals surface area contributed by atoms with Gasteiger partial charge in [-0.15, -0.1) is 0 Å². The van der Waals surface area contributed by atoms with Crippen LogP contribution in [0, 0.1) is 5.92 Å². The molecule has 2 heteroatoms. The van der Waals surface area contributed by atoms with Crippen LogP contribution in [-0.4, -0.2) is 30.6 Å². The van der Waals surface area contributed by atoms with Crippen LogP contribution in [0.1, 0.15) is 56.7 Å². The summed E-state index contributed by atoms with van der Waals surface area (Å²) in [7, 11) is 0. The van der Waals surface area contributed by atoms with Gasteiger partial charge < -0.3 is 5.32 Å². The molecule has 3 atom stereocenters. The normalized spacial score (nSPS) is 28.7. The van der Waals surface area contributed by atoms with E-state index in [-0.39, 0.29) is 0 Å². The van der Waals surface area contributed by atoms with Crippen molar-refractivity contribution in [2.75, 3.05) is 19.6 Å². The molecule has 0 radical (unpaired) electrons. The van der Waals surface area contributed by atoms with Crippen LogP contribution in [0.5, 0.6) is 0 Å². The zero-order valence-corrected chi connectivity index (χ0v) is 13.6. The van der Waals surface area contributed by atoms with E-state index in [1.165, 1.54) is 56.4 Å². The highest BCUT2D eigenvalue weighted by atomic mass is 15.2. The Hall–Kier alpha value is -0.860. The number of piperidine rings is 1. The molecule has 0 saturated carbocycles. The summed E-state index contributed by atoms with van der Waals surface area (Å²) in [6.07, 6.45) is 6.66. The number of nitrogens with zero attached hydrogens (tertiary/aromatic N) is 1. The molecule has 1 aromatic carbocycles. The molecule has 2 aliphatic rings. The Kier molecular flexibility index (Phi) is 4.97. The lowest BCUT2D eigenvalue weighted by molar-refractivity contribution is 0.115. The van der Waals surface area contributed by atoms with Crippen LogP contribution in [0.2, 0.25) is 0 Å². The minimum atomic E-state index is 0.556. The van der Waals surface area contributed by atoms with Crippen molar-refractivity contribution in [3.05, 3.63) is 35.4 Å². The van der Waals surface area contributed by atoms with Gasteiger partial charge in [0.05, 0.1) is 0 Å². The second-order valence-corrected chi connectivity index (χ2v) is 6.87. The van der Waals surface area contributed by atoms with Gasteiger partial charge in [-0.2, -0.15) is 0 Å². The fourth-order valence-corrected chi connectivity index (χ4v) is 4.08. The van der Waals surface area contributed by atoms with Crippen LogP contribution >= 0.6 is 0 Å². The van der Waals surface area contributed by atoms with E-state index in [4.69, 9.17) is 0 Å². The van der Waals surface area contributed by atoms with E-state index in [0.717, 1.165) is 18.4 Å². The largest absolute Gasteiger partial charge is 0.314 e. The van der Waals surface area contributed by atoms with E-state index in [0.29, 0.717) is 6.04 Å². The summed E-state index contributed by atoms with van der Waals surface area (Å²) >= 11 is 0. The van der Waals surface area contributed by atoms with E-state index < -0.39 is 0 Å². The van der Waals surface area contributed by atoms with Crippen LogP contribution in [0.4, 0.5) is 0 Å². The van der Waals surface area contributed by atoms with Crippen molar-refractivity contribution in [2.45, 2.75) is 58.0 Å². The minimum Gasteiger partial charge on any atom is -0.314 e. The van der Waals surface area contributed by atoms with Gasteiger partial charge in [-0.25, -0.2) is 0 Å². The van der Waals surface area contributed by atoms with Gasteiger partial charge >= 0.3 is 0 Å². The van der Waals surface area contributed by atoms with Gasteiger partial charge in [0.25, 0.3) is 0 Å². The maximum atomic E-state index is 3.71. The second kappa shape index (κ2) is 6.93. The van der Waals surface area contributed by atoms with E-state index in [9.17, 15) is 0 Å². The number of rotatable bonds is 4. The van der Waals surface area contributed by atoms with E-state index in [2.05, 4.69) is 48.3 Å². The number of hydrogen-bond donors (Lipinski definition) is 1. The Morgan fingerprint density at radius 3 is 2.67 bits per heavy atom. The highest BCUT2D eigenvalue weighted by Crippen LogP contribution is 2.30. The van der Waals surface area contributed by atoms with Crippen molar-refractivity contribution in [3.8, 4) is 0 Å². The third-order valence-corrected chi connectivity index (χ3v) is 5.57. The first-order valence-corrected chi connectivity index (χ1v) is 8.84. The molecule has 2 nitrogen and oxygen atoms in total. The minimum absolute atomic E-state index is 0.556. The Bertz CT molecular complexity index is 433. The topological polar surface area (TPSA) is 15.3 Å². The van der Waals surface area contributed by atoms with Crippen LogP contribution in [0.3, 0.4) is 0 Å². The van der Waals surface area contributed by atoms with E-state index in [1.54, 1.807) is 0 Å². The van der Waals surface area contributed by atoms with Crippen molar-refractivity contribution in [1.29, 1.82) is 0 Å². The first-order chi connectivity index (χ1) is 10.3. The van der Waals surface area contributed by atoms with Crippen LogP contribution < -0.4 is 5.32 Å². The van der Waals surface area contributed by atoms with Crippen LogP contribution in [0.15, 0.2) is 24.3 Å². The summed E-state index contributed by atoms with van der Waals surface area (Å²) < 4.78 is 0. The third kappa shape index (κ3) is 3.49. The van der Waals surface area contributed by atoms with E-state index in [1.807, 2.05) is 0 Å². The number of nitrogens with one attached hydrogen (secondary N) is 1. The molecule has 0 amide bonds. The fourth-order valence-electron chi connectivity index (χ4n) is 4.08. The summed E-state index contributed by atoms with van der Waals surface area (Å²) in [6, 6.07) is 10.6. The number of likely N-dealkylation sites (tertiary alicyclic amines) is 1. The van der Waals surface area contributed by atoms with Gasteiger partial charge in [-0.3, -0.25) is 4.90 Å². The van der Waals surface area contributed by atoms with Crippen LogP contribution in [0.25, 0.3) is 0 Å². The Morgan fingerprint density at radius 2 is 2.00 bits per heavy atom. The average Bonchev–Trinajstić information content (AvgIpc) is 3.09. The summed E-state index contributed by atoms with van der Waals surface area (Å²) in [6.45, 7) is 8.37. The lowest BCUT2D eigenvalue weighted by atomic mass is 9.88. The van der Waals surface area contributed by atoms with Crippen molar-refractivity contribution < 1.29 is 0 Å². The maximum Gasteiger partial charge on any atom is 0.0320 e. The standard InChI is InChI=1S/C19H30N2/c1-3-16-8-10-17(11-9-16)15(2)21-13-5-6-18(14-21)19-7-4-12-20-19/h8-11,15,18-20H,3-7,12-14H2,1-2H3. The molecule has 2 aliphatic heterocycles. The molecule has 1 N–H and O–H groups in total. The average molecular weight is 286 g/mol. The maximum absolute atomic E-state index is 3.71. The van der Waals surface area contributed by atoms with Gasteiger partial charge in [0.15, 0.2) is 0 Å². The van der Waals surface area contributed by atoms with Crippen molar-refractivity contribution in [1.82, 2.24) is 10.2 Å². The monoisotopic (exact) mass is 286 g/mol. The molecule has 2 heterocycles. The first-order valence-electron chi connectivity index (χ1n) is 8.84. The molecule has 1 aromatic rings. The SMILES string of the molecule is CCc1ccc(C(C)N2CCCC(C3CCCN3)C2)cc1. The summed E-state index contributed by atoms with van der Waals surface area (Å²) in [5.74, 6) is 0.860. The quantitative estimate of drug-likeness (QED) is 0.906. The summed E-state index contributed by atoms with van der Waals surface area (Å²) in [4.78, 5) is 2.70. The third-order valence-electron chi connectivity index (χ3n) is 5.57. The fraction of sp³-hybridized carbons (Fsp3) is 0.684. The lowest BCUT2D eigenvalue weighted by Gasteiger charge is -2.39. The predicted octanol–water partition coefficient (Wildman–Crippen LogP) is 3.77. The Balaban J connectivity index is 1.64. The molecular weight excluding hydrogens is 256 g/mol. The number of hydrogen-bond acceptors (Lipinski definition) is 2. The molecule has 0 spiro atoms. The molecule has 3 unspecified atom stereocenters. The molecule has 0 bridgehead atoms. The Labute approximate surface area is 129 Å². The lowest BCUT2D eigenvalue weighted by Crippen LogP contribution is -2.44. The van der Waals surface area contributed by atoms with Gasteiger partial charge in [0.1, 0.15) is 0 Å². The molecule has 2 saturated heterocycles.